The van der Waals surface area contributed by atoms with Crippen LogP contribution in [0.25, 0.3) is 20.6 Å². The number of fused-ring (bicyclic) bond motifs is 2. The van der Waals surface area contributed by atoms with Gasteiger partial charge in [0.2, 0.25) is 0 Å². The first-order chi connectivity index (χ1) is 24.9. The molecule has 53 heavy (non-hydrogen) atoms. The van der Waals surface area contributed by atoms with Gasteiger partial charge in [-0.3, -0.25) is 4.31 Å². The van der Waals surface area contributed by atoms with Crippen LogP contribution in [0.2, 0.25) is 0 Å². The lowest BCUT2D eigenvalue weighted by Crippen LogP contribution is -2.25. The van der Waals surface area contributed by atoms with Gasteiger partial charge in [0.05, 0.1) is 38.4 Å². The summed E-state index contributed by atoms with van der Waals surface area (Å²) in [6.45, 7) is 0. The Hall–Kier alpha value is -5.15. The van der Waals surface area contributed by atoms with Gasteiger partial charge in [-0.15, -0.1) is 22.7 Å². The van der Waals surface area contributed by atoms with Crippen LogP contribution in [0.5, 0.6) is 0 Å². The van der Waals surface area contributed by atoms with Crippen LogP contribution in [-0.4, -0.2) is 57.1 Å². The van der Waals surface area contributed by atoms with Gasteiger partial charge in [-0.25, -0.2) is 44.8 Å². The molecule has 0 radical (unpaired) electrons. The quantitative estimate of drug-likeness (QED) is 0.145. The van der Waals surface area contributed by atoms with E-state index in [1.54, 1.807) is 13.1 Å². The first-order valence-electron chi connectivity index (χ1n) is 14.3. The number of carbonyl (C=O) groups is 2. The topological polar surface area (TPSA) is 197 Å². The second-order valence-electron chi connectivity index (χ2n) is 10.1. The maximum Gasteiger partial charge on any atom is 0.351 e. The SMILES string of the molecule is CNc1cc2oc(=O)c(C(=O)OC)cc2s1.COC(=O)c1cc2sc(N(C)S(=O)(=O)c3ccc(F)cc3)cc2oc1=O.O=S(=O)(Cl)c1ccc(F)cc1. The molecule has 0 saturated carbocycles. The Kier molecular flexibility index (Phi) is 12.8. The molecule has 1 N–H and O–H groups in total. The summed E-state index contributed by atoms with van der Waals surface area (Å²) in [6, 6.07) is 14.6. The maximum atomic E-state index is 13.0. The Balaban J connectivity index is 0.000000197. The summed E-state index contributed by atoms with van der Waals surface area (Å²) in [4.78, 5) is 45.9. The average Bonchev–Trinajstić information content (AvgIpc) is 3.73. The third-order valence-electron chi connectivity index (χ3n) is 6.77. The molecule has 6 aromatic rings. The van der Waals surface area contributed by atoms with Crippen molar-refractivity contribution >= 4 is 94.9 Å². The van der Waals surface area contributed by atoms with Gasteiger partial charge in [-0.1, -0.05) is 0 Å². The number of ether oxygens (including phenoxy) is 2. The van der Waals surface area contributed by atoms with Crippen LogP contribution < -0.4 is 20.9 Å². The number of thiophene rings is 2. The maximum absolute atomic E-state index is 13.0. The van der Waals surface area contributed by atoms with Gasteiger partial charge < -0.3 is 23.6 Å². The van der Waals surface area contributed by atoms with Gasteiger partial charge in [0.1, 0.15) is 27.8 Å². The van der Waals surface area contributed by atoms with E-state index in [1.807, 2.05) is 0 Å². The Bertz CT molecular complexity index is 2640. The fourth-order valence-electron chi connectivity index (χ4n) is 4.08. The Morgan fingerprint density at radius 3 is 1.60 bits per heavy atom. The van der Waals surface area contributed by atoms with Gasteiger partial charge in [0.25, 0.3) is 19.1 Å². The van der Waals surface area contributed by atoms with Crippen molar-refractivity contribution in [1.29, 1.82) is 0 Å². The van der Waals surface area contributed by atoms with Crippen molar-refractivity contribution in [1.82, 2.24) is 0 Å². The predicted molar refractivity (Wildman–Crippen MR) is 194 cm³/mol. The van der Waals surface area contributed by atoms with Crippen molar-refractivity contribution in [2.75, 3.05) is 37.9 Å². The molecule has 2 aromatic carbocycles. The van der Waals surface area contributed by atoms with Crippen LogP contribution in [0, 0.1) is 11.6 Å². The monoisotopic (exact) mass is 830 g/mol. The lowest BCUT2D eigenvalue weighted by Gasteiger charge is -2.17. The number of nitrogens with zero attached hydrogens (tertiary/aromatic N) is 1. The number of benzene rings is 2. The van der Waals surface area contributed by atoms with E-state index in [0.29, 0.717) is 10.3 Å². The third-order valence-corrected chi connectivity index (χ3v) is 12.3. The summed E-state index contributed by atoms with van der Waals surface area (Å²) >= 11 is 2.41. The second-order valence-corrected chi connectivity index (χ2v) is 16.8. The van der Waals surface area contributed by atoms with Crippen molar-refractivity contribution < 1.29 is 53.5 Å². The van der Waals surface area contributed by atoms with E-state index in [2.05, 4.69) is 14.8 Å². The molecule has 0 atom stereocenters. The van der Waals surface area contributed by atoms with Crippen molar-refractivity contribution in [2.24, 2.45) is 0 Å². The molecule has 21 heteroatoms. The highest BCUT2D eigenvalue weighted by atomic mass is 35.7. The molecule has 6 rings (SSSR count). The van der Waals surface area contributed by atoms with Crippen molar-refractivity contribution in [3.63, 3.8) is 0 Å². The summed E-state index contributed by atoms with van der Waals surface area (Å²) in [5.41, 5.74) is -1.31. The van der Waals surface area contributed by atoms with E-state index in [-0.39, 0.29) is 31.5 Å². The molecule has 14 nitrogen and oxygen atoms in total. The van der Waals surface area contributed by atoms with E-state index in [1.165, 1.54) is 43.7 Å². The summed E-state index contributed by atoms with van der Waals surface area (Å²) in [6.07, 6.45) is 0. The van der Waals surface area contributed by atoms with Crippen LogP contribution in [-0.2, 0) is 28.5 Å². The molecule has 280 valence electrons. The number of hydrogen-bond acceptors (Lipinski definition) is 15. The van der Waals surface area contributed by atoms with Crippen LogP contribution in [0.15, 0.2) is 101 Å². The molecule has 0 aliphatic carbocycles. The molecule has 0 bridgehead atoms. The fourth-order valence-corrected chi connectivity index (χ4v) is 8.12. The van der Waals surface area contributed by atoms with Crippen molar-refractivity contribution in [2.45, 2.75) is 9.79 Å². The zero-order valence-electron chi connectivity index (χ0n) is 27.5. The number of sulfonamides is 1. The summed E-state index contributed by atoms with van der Waals surface area (Å²) in [7, 11) is 2.76. The first kappa shape index (κ1) is 40.6. The van der Waals surface area contributed by atoms with Crippen LogP contribution >= 0.6 is 33.4 Å². The zero-order chi connectivity index (χ0) is 39.2. The molecular formula is C32H25ClF2N2O12S4. The number of hydrogen-bond donors (Lipinski definition) is 1. The van der Waals surface area contributed by atoms with E-state index < -0.39 is 53.9 Å². The van der Waals surface area contributed by atoms with Gasteiger partial charge >= 0.3 is 23.2 Å². The molecule has 0 unspecified atom stereocenters. The molecule has 0 amide bonds. The Morgan fingerprint density at radius 1 is 0.736 bits per heavy atom. The van der Waals surface area contributed by atoms with Crippen molar-refractivity contribution in [3.05, 3.63) is 116 Å². The normalized spacial score (nSPS) is 11.2. The van der Waals surface area contributed by atoms with Crippen LogP contribution in [0.4, 0.5) is 18.8 Å². The van der Waals surface area contributed by atoms with Gasteiger partial charge in [0.15, 0.2) is 11.2 Å². The molecule has 0 fully saturated rings. The molecule has 4 aromatic heterocycles. The Labute approximate surface area is 311 Å². The fraction of sp³-hybridized carbons (Fsp3) is 0.125. The molecular weight excluding hydrogens is 806 g/mol. The van der Waals surface area contributed by atoms with Crippen molar-refractivity contribution in [3.8, 4) is 0 Å². The minimum Gasteiger partial charge on any atom is -0.465 e. The molecule has 0 spiro atoms. The number of anilines is 2. The standard InChI is InChI=1S/C16H12FNO6S2.C10H9NO4S.C6H4ClFO2S/c1-18(26(21,22)10-5-3-9(17)4-6-10)14-8-12-13(25-14)7-11(15(19)23-2)16(20)24-12;1-11-8-4-6-7(16-8)3-5(9(12)14-2)10(13)15-6;7-11(9,10)6-3-1-5(8)2-4-6/h3-8H,1-2H3;3-4,11H,1-2H3;1-4H. The lowest BCUT2D eigenvalue weighted by molar-refractivity contribution is 0.0587. The zero-order valence-corrected chi connectivity index (χ0v) is 31.6. The van der Waals surface area contributed by atoms with E-state index in [9.17, 15) is 44.8 Å². The van der Waals surface area contributed by atoms with E-state index in [0.717, 1.165) is 81.0 Å². The third kappa shape index (κ3) is 9.64. The number of rotatable bonds is 7. The molecule has 4 heterocycles. The predicted octanol–water partition coefficient (Wildman–Crippen LogP) is 6.04. The highest BCUT2D eigenvalue weighted by Crippen LogP contribution is 2.34. The first-order valence-corrected chi connectivity index (χ1v) is 19.7. The Morgan fingerprint density at radius 2 is 1.17 bits per heavy atom. The number of nitrogens with one attached hydrogen (secondary N) is 1. The van der Waals surface area contributed by atoms with Gasteiger partial charge in [0, 0.05) is 36.9 Å². The van der Waals surface area contributed by atoms with Gasteiger partial charge in [-0.05, 0) is 60.7 Å². The van der Waals surface area contributed by atoms with Gasteiger partial charge in [-0.2, -0.15) is 0 Å². The highest BCUT2D eigenvalue weighted by molar-refractivity contribution is 8.13. The molecule has 0 aliphatic heterocycles. The smallest absolute Gasteiger partial charge is 0.351 e. The number of carbonyl (C=O) groups excluding carboxylic acids is 2. The van der Waals surface area contributed by atoms with Crippen LogP contribution in [0.3, 0.4) is 0 Å². The minimum atomic E-state index is -3.93. The summed E-state index contributed by atoms with van der Waals surface area (Å²) < 4.78 is 92.9. The number of halogens is 3. The number of methoxy groups -OCH3 is 2. The van der Waals surface area contributed by atoms with E-state index >= 15 is 0 Å². The summed E-state index contributed by atoms with van der Waals surface area (Å²) in [5, 5.41) is 4.06. The summed E-state index contributed by atoms with van der Waals surface area (Å²) in [5.74, 6) is -2.57. The number of esters is 2. The largest absolute Gasteiger partial charge is 0.465 e. The van der Waals surface area contributed by atoms with Crippen LogP contribution in [0.1, 0.15) is 20.7 Å². The highest BCUT2D eigenvalue weighted by Gasteiger charge is 2.24. The molecule has 0 saturated heterocycles. The average molecular weight is 831 g/mol. The minimum absolute atomic E-state index is 0.0838. The second kappa shape index (κ2) is 16.7. The van der Waals surface area contributed by atoms with E-state index in [4.69, 9.17) is 19.5 Å². The lowest BCUT2D eigenvalue weighted by atomic mass is 10.3. The molecule has 0 aliphatic rings.